The molecule has 0 radical (unpaired) electrons. The van der Waals surface area contributed by atoms with Crippen molar-refractivity contribution in [2.75, 3.05) is 0 Å². The summed E-state index contributed by atoms with van der Waals surface area (Å²) >= 11 is 5.70. The monoisotopic (exact) mass is 228 g/mol. The van der Waals surface area contributed by atoms with Gasteiger partial charge in [-0.3, -0.25) is 0 Å². The van der Waals surface area contributed by atoms with E-state index in [1.165, 1.54) is 0 Å². The average Bonchev–Trinajstić information content (AvgIpc) is 1.78. The van der Waals surface area contributed by atoms with Crippen molar-refractivity contribution in [1.29, 1.82) is 0 Å². The summed E-state index contributed by atoms with van der Waals surface area (Å²) in [6.45, 7) is 6.12. The van der Waals surface area contributed by atoms with Crippen LogP contribution in [0.2, 0.25) is 0 Å². The molecule has 5 heteroatoms. The van der Waals surface area contributed by atoms with Crippen LogP contribution < -0.4 is 0 Å². The minimum absolute atomic E-state index is 0.102. The van der Waals surface area contributed by atoms with Gasteiger partial charge in [0.2, 0.25) is 5.69 Å². The van der Waals surface area contributed by atoms with Gasteiger partial charge in [0.1, 0.15) is 0 Å². The maximum atomic E-state index is 9.10. The highest BCUT2D eigenvalue weighted by atomic mass is 32.9. The van der Waals surface area contributed by atoms with Crippen LogP contribution in [0.4, 0.5) is 0 Å². The standard InChI is InChI=1S/C7H17O2PS2/c1-4-5-6-7(2,3)12-10(8,9)11/h4-6H2,1-3H3,(H2,8,9,11). The van der Waals surface area contributed by atoms with Crippen LogP contribution in [0.5, 0.6) is 0 Å². The second-order valence-corrected chi connectivity index (χ2v) is 10.0. The van der Waals surface area contributed by atoms with Gasteiger partial charge in [0.05, 0.1) is 0 Å². The number of rotatable bonds is 5. The fourth-order valence-corrected chi connectivity index (χ4v) is 5.87. The number of hydrogen-bond donors (Lipinski definition) is 2. The van der Waals surface area contributed by atoms with Gasteiger partial charge >= 0.3 is 0 Å². The first-order valence-electron chi connectivity index (χ1n) is 4.03. The topological polar surface area (TPSA) is 40.5 Å². The molecule has 0 saturated heterocycles. The Morgan fingerprint density at radius 2 is 1.92 bits per heavy atom. The predicted octanol–water partition coefficient (Wildman–Crippen LogP) is 2.90. The van der Waals surface area contributed by atoms with Crippen molar-refractivity contribution in [2.45, 2.75) is 44.8 Å². The molecule has 0 atom stereocenters. The third-order valence-corrected chi connectivity index (χ3v) is 5.30. The van der Waals surface area contributed by atoms with Crippen LogP contribution in [-0.2, 0) is 11.8 Å². The Kier molecular flexibility index (Phi) is 5.35. The SMILES string of the molecule is CCCCC(C)(C)SP(O)(O)=S. The molecule has 74 valence electrons. The Morgan fingerprint density at radius 3 is 2.25 bits per heavy atom. The van der Waals surface area contributed by atoms with E-state index < -0.39 is 5.69 Å². The maximum absolute atomic E-state index is 9.10. The number of hydrogen-bond acceptors (Lipinski definition) is 2. The normalized spacial score (nSPS) is 13.4. The molecule has 0 spiro atoms. The van der Waals surface area contributed by atoms with Gasteiger partial charge in [0.25, 0.3) is 0 Å². The summed E-state index contributed by atoms with van der Waals surface area (Å²) in [5.74, 6) is 0. The van der Waals surface area contributed by atoms with E-state index >= 15 is 0 Å². The van der Waals surface area contributed by atoms with E-state index in [0.717, 1.165) is 30.6 Å². The quantitative estimate of drug-likeness (QED) is 0.710. The summed E-state index contributed by atoms with van der Waals surface area (Å²) in [5, 5.41) is 0. The Morgan fingerprint density at radius 1 is 1.42 bits per heavy atom. The lowest BCUT2D eigenvalue weighted by atomic mass is 10.1. The van der Waals surface area contributed by atoms with E-state index in [1.807, 2.05) is 13.8 Å². The summed E-state index contributed by atoms with van der Waals surface area (Å²) in [6.07, 6.45) is 3.22. The lowest BCUT2D eigenvalue weighted by molar-refractivity contribution is 0.499. The first-order valence-corrected chi connectivity index (χ1v) is 8.16. The zero-order chi connectivity index (χ0) is 9.83. The largest absolute Gasteiger partial charge is 0.338 e. The van der Waals surface area contributed by atoms with E-state index in [4.69, 9.17) is 9.79 Å². The summed E-state index contributed by atoms with van der Waals surface area (Å²) in [4.78, 5) is 18.2. The van der Waals surface area contributed by atoms with Gasteiger partial charge < -0.3 is 9.79 Å². The van der Waals surface area contributed by atoms with Gasteiger partial charge in [-0.25, -0.2) is 0 Å². The molecule has 0 aliphatic heterocycles. The predicted molar refractivity (Wildman–Crippen MR) is 59.9 cm³/mol. The molecule has 0 aromatic rings. The molecule has 0 saturated carbocycles. The highest BCUT2D eigenvalue weighted by molar-refractivity contribution is 8.67. The molecule has 0 bridgehead atoms. The maximum Gasteiger partial charge on any atom is 0.242 e. The van der Waals surface area contributed by atoms with Gasteiger partial charge in [-0.05, 0) is 18.2 Å². The molecule has 0 unspecified atom stereocenters. The molecule has 0 aliphatic rings. The zero-order valence-corrected chi connectivity index (χ0v) is 10.3. The Bertz CT molecular complexity index is 176. The van der Waals surface area contributed by atoms with Gasteiger partial charge in [-0.15, -0.1) is 0 Å². The lowest BCUT2D eigenvalue weighted by Crippen LogP contribution is -2.13. The summed E-state index contributed by atoms with van der Waals surface area (Å²) in [6, 6.07) is 0. The molecule has 2 nitrogen and oxygen atoms in total. The van der Waals surface area contributed by atoms with Crippen molar-refractivity contribution in [3.8, 4) is 0 Å². The van der Waals surface area contributed by atoms with Crippen LogP contribution in [0, 0.1) is 0 Å². The highest BCUT2D eigenvalue weighted by Gasteiger charge is 2.25. The van der Waals surface area contributed by atoms with E-state index in [2.05, 4.69) is 18.7 Å². The Hall–Kier alpha value is 0.920. The molecular weight excluding hydrogens is 211 g/mol. The van der Waals surface area contributed by atoms with E-state index in [1.54, 1.807) is 0 Å². The summed E-state index contributed by atoms with van der Waals surface area (Å²) < 4.78 is -0.102. The molecule has 0 aromatic carbocycles. The molecule has 12 heavy (non-hydrogen) atoms. The van der Waals surface area contributed by atoms with Gasteiger partial charge in [0, 0.05) is 4.75 Å². The molecule has 0 aliphatic carbocycles. The van der Waals surface area contributed by atoms with Crippen LogP contribution in [-0.4, -0.2) is 14.5 Å². The molecule has 0 heterocycles. The highest BCUT2D eigenvalue weighted by Crippen LogP contribution is 2.58. The smallest absolute Gasteiger partial charge is 0.242 e. The molecule has 2 N–H and O–H groups in total. The van der Waals surface area contributed by atoms with Gasteiger partial charge in [-0.1, -0.05) is 45.0 Å². The van der Waals surface area contributed by atoms with Gasteiger partial charge in [-0.2, -0.15) is 0 Å². The second kappa shape index (κ2) is 4.97. The minimum Gasteiger partial charge on any atom is -0.338 e. The van der Waals surface area contributed by atoms with Crippen molar-refractivity contribution in [3.05, 3.63) is 0 Å². The van der Waals surface area contributed by atoms with Crippen molar-refractivity contribution < 1.29 is 9.79 Å². The lowest BCUT2D eigenvalue weighted by Gasteiger charge is -2.25. The van der Waals surface area contributed by atoms with Crippen LogP contribution in [0.25, 0.3) is 0 Å². The fraction of sp³-hybridized carbons (Fsp3) is 1.00. The number of unbranched alkanes of at least 4 members (excludes halogenated alkanes) is 1. The average molecular weight is 228 g/mol. The Labute approximate surface area is 83.7 Å². The molecule has 0 rings (SSSR count). The van der Waals surface area contributed by atoms with Gasteiger partial charge in [0.15, 0.2) is 0 Å². The first-order chi connectivity index (χ1) is 5.27. The third-order valence-electron chi connectivity index (χ3n) is 1.50. The summed E-state index contributed by atoms with van der Waals surface area (Å²) in [5.41, 5.74) is -3.08. The van der Waals surface area contributed by atoms with Crippen LogP contribution in [0.15, 0.2) is 0 Å². The molecule has 0 aromatic heterocycles. The molecule has 0 fully saturated rings. The van der Waals surface area contributed by atoms with Crippen molar-refractivity contribution in [2.24, 2.45) is 0 Å². The van der Waals surface area contributed by atoms with E-state index in [-0.39, 0.29) is 4.75 Å². The third kappa shape index (κ3) is 7.56. The van der Waals surface area contributed by atoms with Crippen LogP contribution >= 0.6 is 17.1 Å². The minimum atomic E-state index is -3.08. The zero-order valence-electron chi connectivity index (χ0n) is 7.78. The molecular formula is C7H17O2PS2. The van der Waals surface area contributed by atoms with Crippen LogP contribution in [0.3, 0.4) is 0 Å². The summed E-state index contributed by atoms with van der Waals surface area (Å²) in [7, 11) is 0. The van der Waals surface area contributed by atoms with Crippen LogP contribution in [0.1, 0.15) is 40.0 Å². The first kappa shape index (κ1) is 12.9. The van der Waals surface area contributed by atoms with E-state index in [9.17, 15) is 0 Å². The van der Waals surface area contributed by atoms with Crippen molar-refractivity contribution in [3.63, 3.8) is 0 Å². The van der Waals surface area contributed by atoms with Crippen molar-refractivity contribution >= 4 is 28.9 Å². The van der Waals surface area contributed by atoms with Crippen molar-refractivity contribution in [1.82, 2.24) is 0 Å². The molecule has 0 amide bonds. The second-order valence-electron chi connectivity index (χ2n) is 3.45. The fourth-order valence-electron chi connectivity index (χ4n) is 0.970. The van der Waals surface area contributed by atoms with E-state index in [0.29, 0.717) is 0 Å². The Balaban J connectivity index is 3.95.